The number of imidazole rings is 1. The summed E-state index contributed by atoms with van der Waals surface area (Å²) in [7, 11) is 0. The van der Waals surface area contributed by atoms with Gasteiger partial charge in [0.15, 0.2) is 5.69 Å². The van der Waals surface area contributed by atoms with Crippen LogP contribution in [0.15, 0.2) is 48.7 Å². The van der Waals surface area contributed by atoms with Gasteiger partial charge in [-0.25, -0.2) is 4.98 Å². The molecule has 1 atom stereocenters. The van der Waals surface area contributed by atoms with E-state index in [0.717, 1.165) is 11.1 Å². The molecule has 0 N–H and O–H groups in total. The molecule has 0 radical (unpaired) electrons. The average molecular weight is 394 g/mol. The molecule has 0 saturated carbocycles. The highest BCUT2D eigenvalue weighted by atomic mass is 35.5. The first-order valence-electron chi connectivity index (χ1n) is 8.37. The van der Waals surface area contributed by atoms with Crippen molar-refractivity contribution in [3.05, 3.63) is 71.2 Å². The van der Waals surface area contributed by atoms with Crippen LogP contribution in [-0.4, -0.2) is 25.6 Å². The van der Waals surface area contributed by atoms with Crippen LogP contribution in [0.1, 0.15) is 22.5 Å². The molecule has 3 aromatic rings. The van der Waals surface area contributed by atoms with E-state index in [9.17, 15) is 18.0 Å². The highest BCUT2D eigenvalue weighted by molar-refractivity contribution is 6.30. The number of hydrogen-bond acceptors (Lipinski definition) is 2. The van der Waals surface area contributed by atoms with Gasteiger partial charge in [-0.1, -0.05) is 30.3 Å². The van der Waals surface area contributed by atoms with Crippen LogP contribution in [-0.2, 0) is 30.5 Å². The second-order valence-electron chi connectivity index (χ2n) is 6.47. The molecular formula is C19H15ClF3N3O. The summed E-state index contributed by atoms with van der Waals surface area (Å²) >= 11 is 6.25. The summed E-state index contributed by atoms with van der Waals surface area (Å²) in [6.45, 7) is -0.0218. The minimum atomic E-state index is -4.62. The van der Waals surface area contributed by atoms with E-state index in [-0.39, 0.29) is 30.3 Å². The molecule has 1 aliphatic rings. The Labute approximate surface area is 158 Å². The molecule has 0 fully saturated rings. The third-order valence-electron chi connectivity index (χ3n) is 4.70. The number of rotatable bonds is 2. The molecule has 2 aromatic heterocycles. The fraction of sp³-hybridized carbons (Fsp3) is 0.263. The van der Waals surface area contributed by atoms with E-state index in [1.165, 1.54) is 21.6 Å². The molecule has 1 aromatic carbocycles. The molecule has 0 bridgehead atoms. The molecule has 1 amide bonds. The van der Waals surface area contributed by atoms with Crippen LogP contribution in [0.25, 0.3) is 5.65 Å². The van der Waals surface area contributed by atoms with E-state index < -0.39 is 17.2 Å². The third-order valence-corrected chi connectivity index (χ3v) is 5.04. The maximum atomic E-state index is 13.5. The van der Waals surface area contributed by atoms with Crippen molar-refractivity contribution in [2.45, 2.75) is 31.1 Å². The van der Waals surface area contributed by atoms with Gasteiger partial charge in [0.25, 0.3) is 0 Å². The minimum absolute atomic E-state index is 0.0744. The molecule has 4 nitrogen and oxygen atoms in total. The first-order valence-corrected chi connectivity index (χ1v) is 8.81. The average Bonchev–Trinajstić information content (AvgIpc) is 2.95. The lowest BCUT2D eigenvalue weighted by Gasteiger charge is -2.23. The summed E-state index contributed by atoms with van der Waals surface area (Å²) in [6.07, 6.45) is -2.75. The van der Waals surface area contributed by atoms with E-state index in [1.54, 1.807) is 12.1 Å². The number of alkyl halides is 4. The van der Waals surface area contributed by atoms with E-state index in [2.05, 4.69) is 4.98 Å². The zero-order valence-electron chi connectivity index (χ0n) is 14.1. The summed E-state index contributed by atoms with van der Waals surface area (Å²) in [6, 6.07) is 12.2. The molecule has 8 heteroatoms. The van der Waals surface area contributed by atoms with Crippen molar-refractivity contribution in [3.8, 4) is 0 Å². The monoisotopic (exact) mass is 393 g/mol. The Hall–Kier alpha value is -2.54. The number of aromatic nitrogens is 2. The van der Waals surface area contributed by atoms with Crippen molar-refractivity contribution in [2.75, 3.05) is 0 Å². The number of hydrogen-bond donors (Lipinski definition) is 0. The van der Waals surface area contributed by atoms with Gasteiger partial charge in [0.2, 0.25) is 5.91 Å². The predicted molar refractivity (Wildman–Crippen MR) is 94.2 cm³/mol. The Balaban J connectivity index is 1.78. The molecule has 4 rings (SSSR count). The molecule has 0 aliphatic carbocycles. The van der Waals surface area contributed by atoms with Crippen molar-refractivity contribution in [1.29, 1.82) is 0 Å². The lowest BCUT2D eigenvalue weighted by atomic mass is 10.0. The normalized spacial score (nSPS) is 17.9. The maximum Gasteiger partial charge on any atom is 0.435 e. The summed E-state index contributed by atoms with van der Waals surface area (Å²) in [4.78, 5) is 17.8. The third kappa shape index (κ3) is 3.27. The lowest BCUT2D eigenvalue weighted by molar-refractivity contribution is -0.142. The Morgan fingerprint density at radius 3 is 2.56 bits per heavy atom. The Morgan fingerprint density at radius 2 is 1.81 bits per heavy atom. The van der Waals surface area contributed by atoms with Crippen molar-refractivity contribution in [3.63, 3.8) is 0 Å². The SMILES string of the molecule is O=C1C(Cl)Cc2ccccc2CN1Cc1c(C(F)(F)F)nc2ccccn12. The quantitative estimate of drug-likeness (QED) is 0.616. The van der Waals surface area contributed by atoms with Gasteiger partial charge in [0.05, 0.1) is 12.2 Å². The summed E-state index contributed by atoms with van der Waals surface area (Å²) in [5.74, 6) is -0.383. The number of carbonyl (C=O) groups is 1. The van der Waals surface area contributed by atoms with E-state index in [1.807, 2.05) is 24.3 Å². The van der Waals surface area contributed by atoms with Gasteiger partial charge < -0.3 is 9.30 Å². The summed E-state index contributed by atoms with van der Waals surface area (Å²) in [5, 5.41) is -0.817. The van der Waals surface area contributed by atoms with Crippen LogP contribution in [0, 0.1) is 0 Å². The summed E-state index contributed by atoms with van der Waals surface area (Å²) in [5.41, 5.74) is 0.948. The van der Waals surface area contributed by atoms with Crippen LogP contribution in [0.4, 0.5) is 13.2 Å². The van der Waals surface area contributed by atoms with Gasteiger partial charge >= 0.3 is 6.18 Å². The topological polar surface area (TPSA) is 37.6 Å². The molecule has 3 heterocycles. The van der Waals surface area contributed by atoms with Crippen LogP contribution >= 0.6 is 11.6 Å². The smallest absolute Gasteiger partial charge is 0.331 e. The fourth-order valence-electron chi connectivity index (χ4n) is 3.41. The maximum absolute atomic E-state index is 13.5. The second kappa shape index (κ2) is 6.56. The largest absolute Gasteiger partial charge is 0.435 e. The van der Waals surface area contributed by atoms with Gasteiger partial charge in [-0.3, -0.25) is 4.79 Å². The molecule has 27 heavy (non-hydrogen) atoms. The van der Waals surface area contributed by atoms with Crippen LogP contribution in [0.2, 0.25) is 0 Å². The highest BCUT2D eigenvalue weighted by Crippen LogP contribution is 2.33. The molecule has 1 aliphatic heterocycles. The van der Waals surface area contributed by atoms with E-state index in [0.29, 0.717) is 6.42 Å². The number of pyridine rings is 1. The fourth-order valence-corrected chi connectivity index (χ4v) is 3.72. The minimum Gasteiger partial charge on any atom is -0.331 e. The zero-order valence-corrected chi connectivity index (χ0v) is 14.8. The lowest BCUT2D eigenvalue weighted by Crippen LogP contribution is -2.35. The number of amides is 1. The highest BCUT2D eigenvalue weighted by Gasteiger charge is 2.39. The van der Waals surface area contributed by atoms with E-state index in [4.69, 9.17) is 11.6 Å². The standard InChI is InChI=1S/C19H15ClF3N3O/c20-14-9-12-5-1-2-6-13(12)10-25(18(14)27)11-15-17(19(21,22)23)24-16-7-3-4-8-26(15)16/h1-8,14H,9-11H2. The second-order valence-corrected chi connectivity index (χ2v) is 7.00. The van der Waals surface area contributed by atoms with Gasteiger partial charge in [0, 0.05) is 12.7 Å². The molecular weight excluding hydrogens is 379 g/mol. The molecule has 0 saturated heterocycles. The molecule has 0 spiro atoms. The van der Waals surface area contributed by atoms with Crippen molar-refractivity contribution in [1.82, 2.24) is 14.3 Å². The predicted octanol–water partition coefficient (Wildman–Crippen LogP) is 4.05. The Bertz CT molecular complexity index is 1010. The van der Waals surface area contributed by atoms with Crippen LogP contribution < -0.4 is 0 Å². The summed E-state index contributed by atoms with van der Waals surface area (Å²) < 4.78 is 42.0. The van der Waals surface area contributed by atoms with Gasteiger partial charge in [-0.15, -0.1) is 11.6 Å². The van der Waals surface area contributed by atoms with Gasteiger partial charge in [0.1, 0.15) is 11.0 Å². The number of carbonyl (C=O) groups excluding carboxylic acids is 1. The first-order chi connectivity index (χ1) is 12.8. The van der Waals surface area contributed by atoms with Gasteiger partial charge in [-0.2, -0.15) is 13.2 Å². The molecule has 1 unspecified atom stereocenters. The van der Waals surface area contributed by atoms with Crippen molar-refractivity contribution >= 4 is 23.2 Å². The number of benzene rings is 1. The van der Waals surface area contributed by atoms with E-state index >= 15 is 0 Å². The van der Waals surface area contributed by atoms with Crippen molar-refractivity contribution in [2.24, 2.45) is 0 Å². The number of halogens is 4. The number of fused-ring (bicyclic) bond motifs is 2. The van der Waals surface area contributed by atoms with Crippen LogP contribution in [0.5, 0.6) is 0 Å². The van der Waals surface area contributed by atoms with Crippen LogP contribution in [0.3, 0.4) is 0 Å². The zero-order chi connectivity index (χ0) is 19.2. The Kier molecular flexibility index (Phi) is 4.34. The first kappa shape index (κ1) is 17.9. The van der Waals surface area contributed by atoms with Crippen molar-refractivity contribution < 1.29 is 18.0 Å². The number of nitrogens with zero attached hydrogens (tertiary/aromatic N) is 3. The molecule has 140 valence electrons. The Morgan fingerprint density at radius 1 is 1.11 bits per heavy atom. The van der Waals surface area contributed by atoms with Gasteiger partial charge in [-0.05, 0) is 29.7 Å².